The molecule has 2 atom stereocenters. The van der Waals surface area contributed by atoms with Gasteiger partial charge in [-0.1, -0.05) is 24.6 Å². The van der Waals surface area contributed by atoms with Crippen LogP contribution in [0.15, 0.2) is 24.3 Å². The molecule has 0 aliphatic carbocycles. The number of ether oxygens (including phenoxy) is 1. The molecule has 0 fully saturated rings. The smallest absolute Gasteiger partial charge is 0.119 e. The molecule has 0 saturated heterocycles. The highest BCUT2D eigenvalue weighted by Gasteiger charge is 2.12. The van der Waals surface area contributed by atoms with E-state index in [1.165, 1.54) is 5.56 Å². The maximum Gasteiger partial charge on any atom is 0.119 e. The number of hydrogen-bond acceptors (Lipinski definition) is 2. The van der Waals surface area contributed by atoms with Gasteiger partial charge in [0.15, 0.2) is 0 Å². The summed E-state index contributed by atoms with van der Waals surface area (Å²) < 4.78 is 5.87. The topological polar surface area (TPSA) is 21.3 Å². The summed E-state index contributed by atoms with van der Waals surface area (Å²) in [6.07, 6.45) is 1.34. The van der Waals surface area contributed by atoms with Crippen molar-refractivity contribution in [1.82, 2.24) is 5.32 Å². The summed E-state index contributed by atoms with van der Waals surface area (Å²) in [4.78, 5) is 0. The van der Waals surface area contributed by atoms with E-state index in [0.29, 0.717) is 6.04 Å². The van der Waals surface area contributed by atoms with Crippen LogP contribution in [0.4, 0.5) is 0 Å². The summed E-state index contributed by atoms with van der Waals surface area (Å²) in [7, 11) is 0. The molecule has 90 valence electrons. The minimum absolute atomic E-state index is 0.189. The predicted molar refractivity (Wildman–Crippen MR) is 69.0 cm³/mol. The number of hydrogen-bond donors (Lipinski definition) is 1. The van der Waals surface area contributed by atoms with Gasteiger partial charge in [-0.05, 0) is 45.9 Å². The van der Waals surface area contributed by atoms with Crippen LogP contribution in [0.2, 0.25) is 0 Å². The highest BCUT2D eigenvalue weighted by Crippen LogP contribution is 2.14. The Balaban J connectivity index is 2.43. The molecule has 2 heteroatoms. The van der Waals surface area contributed by atoms with Crippen molar-refractivity contribution in [2.75, 3.05) is 6.54 Å². The monoisotopic (exact) mass is 221 g/mol. The first-order valence-electron chi connectivity index (χ1n) is 6.10. The molecule has 1 aromatic rings. The molecule has 2 nitrogen and oxygen atoms in total. The van der Waals surface area contributed by atoms with Crippen LogP contribution in [0.25, 0.3) is 0 Å². The van der Waals surface area contributed by atoms with E-state index in [4.69, 9.17) is 4.74 Å². The van der Waals surface area contributed by atoms with E-state index in [1.54, 1.807) is 0 Å². The molecule has 0 aliphatic heterocycles. The minimum Gasteiger partial charge on any atom is -0.489 e. The van der Waals surface area contributed by atoms with Gasteiger partial charge in [0, 0.05) is 6.04 Å². The van der Waals surface area contributed by atoms with Crippen LogP contribution in [0, 0.1) is 6.92 Å². The first-order chi connectivity index (χ1) is 7.63. The van der Waals surface area contributed by atoms with Gasteiger partial charge in [-0.3, -0.25) is 0 Å². The Morgan fingerprint density at radius 3 is 2.38 bits per heavy atom. The van der Waals surface area contributed by atoms with Crippen molar-refractivity contribution in [3.05, 3.63) is 29.8 Å². The van der Waals surface area contributed by atoms with Crippen molar-refractivity contribution in [2.24, 2.45) is 0 Å². The molecule has 0 saturated carbocycles. The largest absolute Gasteiger partial charge is 0.489 e. The van der Waals surface area contributed by atoms with E-state index in [1.807, 2.05) is 12.1 Å². The van der Waals surface area contributed by atoms with Crippen molar-refractivity contribution in [3.8, 4) is 5.75 Å². The van der Waals surface area contributed by atoms with E-state index < -0.39 is 0 Å². The number of aryl methyl sites for hydroxylation is 1. The van der Waals surface area contributed by atoms with E-state index in [9.17, 15) is 0 Å². The molecule has 0 amide bonds. The molecule has 2 unspecified atom stereocenters. The lowest BCUT2D eigenvalue weighted by molar-refractivity contribution is 0.178. The van der Waals surface area contributed by atoms with Crippen molar-refractivity contribution >= 4 is 0 Å². The zero-order valence-corrected chi connectivity index (χ0v) is 10.8. The standard InChI is InChI=1S/C14H23NO/c1-5-10-15-12(3)13(4)16-14-8-6-11(2)7-9-14/h6-9,12-13,15H,5,10H2,1-4H3. The van der Waals surface area contributed by atoms with E-state index in [0.717, 1.165) is 18.7 Å². The number of nitrogens with one attached hydrogen (secondary N) is 1. The van der Waals surface area contributed by atoms with Crippen LogP contribution in [0.1, 0.15) is 32.8 Å². The van der Waals surface area contributed by atoms with Gasteiger partial charge < -0.3 is 10.1 Å². The Labute approximate surface area is 99.0 Å². The molecular formula is C14H23NO. The molecule has 0 bridgehead atoms. The Morgan fingerprint density at radius 1 is 1.19 bits per heavy atom. The maximum atomic E-state index is 5.87. The first kappa shape index (κ1) is 13.0. The fourth-order valence-electron chi connectivity index (χ4n) is 1.47. The van der Waals surface area contributed by atoms with Gasteiger partial charge in [0.2, 0.25) is 0 Å². The molecule has 0 aliphatic rings. The van der Waals surface area contributed by atoms with E-state index >= 15 is 0 Å². The molecule has 0 aromatic heterocycles. The third-order valence-corrected chi connectivity index (χ3v) is 2.76. The van der Waals surface area contributed by atoms with Crippen LogP contribution in [-0.2, 0) is 0 Å². The van der Waals surface area contributed by atoms with Gasteiger partial charge in [-0.15, -0.1) is 0 Å². The van der Waals surface area contributed by atoms with Gasteiger partial charge in [-0.2, -0.15) is 0 Å². The summed E-state index contributed by atoms with van der Waals surface area (Å²) in [5.74, 6) is 0.947. The Bertz CT molecular complexity index is 294. The van der Waals surface area contributed by atoms with Gasteiger partial charge >= 0.3 is 0 Å². The summed E-state index contributed by atoms with van der Waals surface area (Å²) in [5.41, 5.74) is 1.26. The van der Waals surface area contributed by atoms with E-state index in [2.05, 4.69) is 45.1 Å². The molecule has 0 heterocycles. The minimum atomic E-state index is 0.189. The highest BCUT2D eigenvalue weighted by atomic mass is 16.5. The van der Waals surface area contributed by atoms with Gasteiger partial charge in [0.05, 0.1) is 0 Å². The lowest BCUT2D eigenvalue weighted by Crippen LogP contribution is -2.39. The van der Waals surface area contributed by atoms with Crippen molar-refractivity contribution < 1.29 is 4.74 Å². The fourth-order valence-corrected chi connectivity index (χ4v) is 1.47. The Kier molecular flexibility index (Phi) is 5.33. The molecule has 16 heavy (non-hydrogen) atoms. The Hall–Kier alpha value is -1.02. The fraction of sp³-hybridized carbons (Fsp3) is 0.571. The van der Waals surface area contributed by atoms with Crippen LogP contribution in [0.5, 0.6) is 5.75 Å². The predicted octanol–water partition coefficient (Wildman–Crippen LogP) is 3.15. The molecule has 0 spiro atoms. The second kappa shape index (κ2) is 6.54. The molecule has 1 rings (SSSR count). The van der Waals surface area contributed by atoms with Crippen LogP contribution < -0.4 is 10.1 Å². The molecular weight excluding hydrogens is 198 g/mol. The van der Waals surface area contributed by atoms with Crippen molar-refractivity contribution in [3.63, 3.8) is 0 Å². The summed E-state index contributed by atoms with van der Waals surface area (Å²) in [6.45, 7) is 9.56. The maximum absolute atomic E-state index is 5.87. The Morgan fingerprint density at radius 2 is 1.81 bits per heavy atom. The highest BCUT2D eigenvalue weighted by molar-refractivity contribution is 5.26. The SMILES string of the molecule is CCCNC(C)C(C)Oc1ccc(C)cc1. The van der Waals surface area contributed by atoms with Crippen molar-refractivity contribution in [1.29, 1.82) is 0 Å². The molecule has 1 aromatic carbocycles. The summed E-state index contributed by atoms with van der Waals surface area (Å²) >= 11 is 0. The summed E-state index contributed by atoms with van der Waals surface area (Å²) in [6, 6.07) is 8.58. The average molecular weight is 221 g/mol. The first-order valence-corrected chi connectivity index (χ1v) is 6.10. The molecule has 0 radical (unpaired) electrons. The number of rotatable bonds is 6. The zero-order valence-electron chi connectivity index (χ0n) is 10.8. The van der Waals surface area contributed by atoms with Crippen LogP contribution in [-0.4, -0.2) is 18.7 Å². The quantitative estimate of drug-likeness (QED) is 0.796. The van der Waals surface area contributed by atoms with Crippen LogP contribution in [0.3, 0.4) is 0 Å². The van der Waals surface area contributed by atoms with Gasteiger partial charge in [0.1, 0.15) is 11.9 Å². The lowest BCUT2D eigenvalue weighted by atomic mass is 10.2. The second-order valence-corrected chi connectivity index (χ2v) is 4.38. The number of benzene rings is 1. The third-order valence-electron chi connectivity index (χ3n) is 2.76. The zero-order chi connectivity index (χ0) is 12.0. The average Bonchev–Trinajstić information content (AvgIpc) is 2.29. The molecule has 1 N–H and O–H groups in total. The van der Waals surface area contributed by atoms with Gasteiger partial charge in [-0.25, -0.2) is 0 Å². The van der Waals surface area contributed by atoms with Gasteiger partial charge in [0.25, 0.3) is 0 Å². The summed E-state index contributed by atoms with van der Waals surface area (Å²) in [5, 5.41) is 3.44. The lowest BCUT2D eigenvalue weighted by Gasteiger charge is -2.22. The van der Waals surface area contributed by atoms with Crippen LogP contribution >= 0.6 is 0 Å². The van der Waals surface area contributed by atoms with E-state index in [-0.39, 0.29) is 6.10 Å². The van der Waals surface area contributed by atoms with Crippen molar-refractivity contribution in [2.45, 2.75) is 46.3 Å². The third kappa shape index (κ3) is 4.23. The normalized spacial score (nSPS) is 14.5. The second-order valence-electron chi connectivity index (χ2n) is 4.38.